The molecule has 0 N–H and O–H groups in total. The van der Waals surface area contributed by atoms with Crippen molar-refractivity contribution in [3.63, 3.8) is 0 Å². The molecule has 2 heterocycles. The second kappa shape index (κ2) is 6.01. The first-order chi connectivity index (χ1) is 10.7. The average Bonchev–Trinajstić information content (AvgIpc) is 3.03. The van der Waals surface area contributed by atoms with Gasteiger partial charge in [0.15, 0.2) is 0 Å². The van der Waals surface area contributed by atoms with Crippen LogP contribution in [0.5, 0.6) is 0 Å². The Bertz CT molecular complexity index is 808. The van der Waals surface area contributed by atoms with Crippen LogP contribution in [0.2, 0.25) is 0 Å². The maximum atomic E-state index is 10.6. The summed E-state index contributed by atoms with van der Waals surface area (Å²) in [7, 11) is 0. The smallest absolute Gasteiger partial charge is 0.269 e. The van der Waals surface area contributed by atoms with Crippen molar-refractivity contribution < 1.29 is 9.34 Å². The molecular weight excluding hydrogens is 282 g/mol. The van der Waals surface area contributed by atoms with E-state index in [1.54, 1.807) is 48.9 Å². The highest BCUT2D eigenvalue weighted by Crippen LogP contribution is 2.24. The number of aromatic nitrogens is 1. The zero-order valence-electron chi connectivity index (χ0n) is 11.4. The normalized spacial score (nSPS) is 10.9. The van der Waals surface area contributed by atoms with Gasteiger partial charge in [0.05, 0.1) is 23.0 Å². The molecule has 0 aliphatic heterocycles. The highest BCUT2D eigenvalue weighted by atomic mass is 16.6. The van der Waals surface area contributed by atoms with Crippen molar-refractivity contribution in [2.45, 2.75) is 0 Å². The van der Waals surface area contributed by atoms with Crippen molar-refractivity contribution in [3.8, 4) is 11.3 Å². The van der Waals surface area contributed by atoms with Gasteiger partial charge in [0.2, 0.25) is 0 Å². The molecule has 6 heteroatoms. The van der Waals surface area contributed by atoms with Gasteiger partial charge in [-0.3, -0.25) is 20.1 Å². The molecule has 0 amide bonds. The van der Waals surface area contributed by atoms with Gasteiger partial charge in [0.25, 0.3) is 5.69 Å². The zero-order valence-corrected chi connectivity index (χ0v) is 11.4. The van der Waals surface area contributed by atoms with Crippen LogP contribution < -0.4 is 0 Å². The summed E-state index contributed by atoms with van der Waals surface area (Å²) in [4.78, 5) is 18.4. The second-order valence-corrected chi connectivity index (χ2v) is 4.48. The minimum atomic E-state index is -0.433. The SMILES string of the molecule is O=[N+]([O-])c1ccc(-c2ccc(C=Nc3cccnc3)o2)cc1. The molecule has 6 nitrogen and oxygen atoms in total. The maximum Gasteiger partial charge on any atom is 0.269 e. The number of nitro benzene ring substituents is 1. The number of nitro groups is 1. The van der Waals surface area contributed by atoms with Crippen LogP contribution in [0.25, 0.3) is 11.3 Å². The van der Waals surface area contributed by atoms with Crippen LogP contribution in [0.3, 0.4) is 0 Å². The number of rotatable bonds is 4. The predicted octanol–water partition coefficient (Wildman–Crippen LogP) is 4.00. The molecule has 108 valence electrons. The van der Waals surface area contributed by atoms with E-state index in [4.69, 9.17) is 4.42 Å². The van der Waals surface area contributed by atoms with Crippen molar-refractivity contribution in [1.29, 1.82) is 0 Å². The highest BCUT2D eigenvalue weighted by Gasteiger charge is 2.07. The van der Waals surface area contributed by atoms with Crippen LogP contribution in [0.15, 0.2) is 70.3 Å². The molecule has 0 spiro atoms. The molecule has 0 saturated heterocycles. The van der Waals surface area contributed by atoms with Gasteiger partial charge in [0.1, 0.15) is 11.5 Å². The predicted molar refractivity (Wildman–Crippen MR) is 82.3 cm³/mol. The van der Waals surface area contributed by atoms with Gasteiger partial charge in [-0.05, 0) is 36.4 Å². The Morgan fingerprint density at radius 2 is 1.95 bits per heavy atom. The number of benzene rings is 1. The third kappa shape index (κ3) is 3.06. The third-order valence-corrected chi connectivity index (χ3v) is 2.98. The Hall–Kier alpha value is -3.28. The number of hydrogen-bond acceptors (Lipinski definition) is 5. The number of hydrogen-bond donors (Lipinski definition) is 0. The average molecular weight is 293 g/mol. The Labute approximate surface area is 125 Å². The molecule has 0 aliphatic rings. The van der Waals surface area contributed by atoms with E-state index in [1.807, 2.05) is 6.07 Å². The number of aliphatic imine (C=N–C) groups is 1. The molecule has 2 aromatic heterocycles. The number of nitrogens with zero attached hydrogens (tertiary/aromatic N) is 3. The third-order valence-electron chi connectivity index (χ3n) is 2.98. The van der Waals surface area contributed by atoms with E-state index in [9.17, 15) is 10.1 Å². The van der Waals surface area contributed by atoms with Crippen molar-refractivity contribution >= 4 is 17.6 Å². The molecule has 0 saturated carbocycles. The van der Waals surface area contributed by atoms with Gasteiger partial charge in [-0.1, -0.05) is 0 Å². The lowest BCUT2D eigenvalue weighted by atomic mass is 10.1. The van der Waals surface area contributed by atoms with Crippen molar-refractivity contribution in [1.82, 2.24) is 4.98 Å². The first-order valence-corrected chi connectivity index (χ1v) is 6.51. The summed E-state index contributed by atoms with van der Waals surface area (Å²) in [5.41, 5.74) is 1.55. The fourth-order valence-corrected chi connectivity index (χ4v) is 1.89. The molecule has 0 atom stereocenters. The highest BCUT2D eigenvalue weighted by molar-refractivity contribution is 5.79. The van der Waals surface area contributed by atoms with E-state index >= 15 is 0 Å². The molecule has 3 rings (SSSR count). The fourth-order valence-electron chi connectivity index (χ4n) is 1.89. The van der Waals surface area contributed by atoms with E-state index < -0.39 is 4.92 Å². The summed E-state index contributed by atoms with van der Waals surface area (Å²) >= 11 is 0. The van der Waals surface area contributed by atoms with Crippen LogP contribution in [-0.2, 0) is 0 Å². The van der Waals surface area contributed by atoms with Crippen LogP contribution in [0.1, 0.15) is 5.76 Å². The van der Waals surface area contributed by atoms with Crippen LogP contribution in [0, 0.1) is 10.1 Å². The topological polar surface area (TPSA) is 81.5 Å². The first kappa shape index (κ1) is 13.7. The monoisotopic (exact) mass is 293 g/mol. The zero-order chi connectivity index (χ0) is 15.4. The Morgan fingerprint density at radius 1 is 1.14 bits per heavy atom. The Balaban J connectivity index is 1.79. The second-order valence-electron chi connectivity index (χ2n) is 4.48. The van der Waals surface area contributed by atoms with Gasteiger partial charge < -0.3 is 4.42 Å². The lowest BCUT2D eigenvalue weighted by Crippen LogP contribution is -1.86. The lowest BCUT2D eigenvalue weighted by Gasteiger charge is -1.96. The maximum absolute atomic E-state index is 10.6. The summed E-state index contributed by atoms with van der Waals surface area (Å²) in [6.45, 7) is 0. The van der Waals surface area contributed by atoms with Crippen LogP contribution in [-0.4, -0.2) is 16.1 Å². The van der Waals surface area contributed by atoms with Gasteiger partial charge in [-0.15, -0.1) is 0 Å². The molecule has 1 aromatic carbocycles. The van der Waals surface area contributed by atoms with Gasteiger partial charge in [0, 0.05) is 23.9 Å². The molecule has 3 aromatic rings. The minimum Gasteiger partial charge on any atom is -0.455 e. The van der Waals surface area contributed by atoms with Crippen molar-refractivity contribution in [2.75, 3.05) is 0 Å². The van der Waals surface area contributed by atoms with E-state index in [2.05, 4.69) is 9.98 Å². The molecule has 0 fully saturated rings. The molecule has 0 bridgehead atoms. The quantitative estimate of drug-likeness (QED) is 0.413. The van der Waals surface area contributed by atoms with Crippen LogP contribution >= 0.6 is 0 Å². The minimum absolute atomic E-state index is 0.0497. The summed E-state index contributed by atoms with van der Waals surface area (Å²) in [5.74, 6) is 1.22. The van der Waals surface area contributed by atoms with Gasteiger partial charge in [-0.2, -0.15) is 0 Å². The first-order valence-electron chi connectivity index (χ1n) is 6.51. The standard InChI is InChI=1S/C16H11N3O3/c20-19(21)14-5-3-12(4-6-14)16-8-7-15(22-16)11-18-13-2-1-9-17-10-13/h1-11H. The number of furan rings is 1. The summed E-state index contributed by atoms with van der Waals surface area (Å²) in [6, 6.07) is 13.4. The summed E-state index contributed by atoms with van der Waals surface area (Å²) in [5, 5.41) is 10.6. The molecule has 0 aliphatic carbocycles. The van der Waals surface area contributed by atoms with E-state index in [0.717, 1.165) is 11.3 Å². The fraction of sp³-hybridized carbons (Fsp3) is 0. The Kier molecular flexibility index (Phi) is 3.74. The molecule has 0 unspecified atom stereocenters. The van der Waals surface area contributed by atoms with E-state index in [0.29, 0.717) is 11.5 Å². The van der Waals surface area contributed by atoms with Crippen molar-refractivity contribution in [3.05, 3.63) is 76.8 Å². The molecule has 0 radical (unpaired) electrons. The van der Waals surface area contributed by atoms with Gasteiger partial charge >= 0.3 is 0 Å². The van der Waals surface area contributed by atoms with Crippen molar-refractivity contribution in [2.24, 2.45) is 4.99 Å². The molecule has 22 heavy (non-hydrogen) atoms. The molecular formula is C16H11N3O3. The van der Waals surface area contributed by atoms with E-state index in [-0.39, 0.29) is 5.69 Å². The number of pyridine rings is 1. The number of non-ortho nitro benzene ring substituents is 1. The van der Waals surface area contributed by atoms with Gasteiger partial charge in [-0.25, -0.2) is 0 Å². The van der Waals surface area contributed by atoms with Crippen LogP contribution in [0.4, 0.5) is 11.4 Å². The van der Waals surface area contributed by atoms with E-state index in [1.165, 1.54) is 12.1 Å². The summed E-state index contributed by atoms with van der Waals surface area (Å²) in [6.07, 6.45) is 4.93. The summed E-state index contributed by atoms with van der Waals surface area (Å²) < 4.78 is 5.65. The lowest BCUT2D eigenvalue weighted by molar-refractivity contribution is -0.384. The largest absolute Gasteiger partial charge is 0.455 e. The Morgan fingerprint density at radius 3 is 2.64 bits per heavy atom.